The van der Waals surface area contributed by atoms with E-state index in [9.17, 15) is 0 Å². The Morgan fingerprint density at radius 2 is 1.47 bits per heavy atom. The van der Waals surface area contributed by atoms with Gasteiger partial charge in [-0.25, -0.2) is 0 Å². The largest absolute Gasteiger partial charge is 0.456 e. The molecule has 0 fully saturated rings. The van der Waals surface area contributed by atoms with Crippen molar-refractivity contribution in [3.8, 4) is 0 Å². The summed E-state index contributed by atoms with van der Waals surface area (Å²) in [6.45, 7) is 7.05. The lowest BCUT2D eigenvalue weighted by Crippen LogP contribution is -2.57. The van der Waals surface area contributed by atoms with Gasteiger partial charge in [0.1, 0.15) is 11.2 Å². The number of hydrogen-bond donors (Lipinski definition) is 0. The lowest BCUT2D eigenvalue weighted by Gasteiger charge is -2.32. The van der Waals surface area contributed by atoms with Crippen molar-refractivity contribution in [1.82, 2.24) is 0 Å². The molecule has 0 radical (unpaired) electrons. The van der Waals surface area contributed by atoms with E-state index < -0.39 is 0 Å². The van der Waals surface area contributed by atoms with Crippen molar-refractivity contribution >= 4 is 68.6 Å². The van der Waals surface area contributed by atoms with E-state index in [1.54, 1.807) is 0 Å². The molecule has 1 aromatic heterocycles. The number of fused-ring (bicyclic) bond motifs is 8. The Bertz CT molecular complexity index is 1570. The van der Waals surface area contributed by atoms with Gasteiger partial charge in [-0.05, 0) is 35.1 Å². The van der Waals surface area contributed by atoms with Crippen LogP contribution in [0.1, 0.15) is 26.3 Å². The predicted octanol–water partition coefficient (Wildman–Crippen LogP) is 6.33. The first-order valence-corrected chi connectivity index (χ1v) is 12.7. The van der Waals surface area contributed by atoms with Gasteiger partial charge >= 0.3 is 0 Å². The molecule has 154 valence electrons. The highest BCUT2D eigenvalue weighted by Crippen LogP contribution is 2.44. The Labute approximate surface area is 196 Å². The van der Waals surface area contributed by atoms with Crippen LogP contribution >= 0.6 is 23.5 Å². The second-order valence-electron chi connectivity index (χ2n) is 9.73. The van der Waals surface area contributed by atoms with Crippen LogP contribution in [-0.4, -0.2) is 6.71 Å². The summed E-state index contributed by atoms with van der Waals surface area (Å²) in [5, 5.41) is 2.50. The number of rotatable bonds is 0. The average Bonchev–Trinajstić information content (AvgIpc) is 3.17. The highest BCUT2D eigenvalue weighted by atomic mass is 32.2. The molecule has 0 saturated heterocycles. The maximum absolute atomic E-state index is 6.52. The maximum atomic E-state index is 6.52. The van der Waals surface area contributed by atoms with Crippen LogP contribution < -0.4 is 16.4 Å². The van der Waals surface area contributed by atoms with Gasteiger partial charge in [-0.3, -0.25) is 0 Å². The van der Waals surface area contributed by atoms with E-state index >= 15 is 0 Å². The second kappa shape index (κ2) is 6.49. The fraction of sp³-hybridized carbons (Fsp3) is 0.143. The normalized spacial score (nSPS) is 14.4. The molecular weight excluding hydrogens is 427 g/mol. The summed E-state index contributed by atoms with van der Waals surface area (Å²) in [5.41, 5.74) is 7.60. The van der Waals surface area contributed by atoms with E-state index in [1.165, 1.54) is 52.3 Å². The van der Waals surface area contributed by atoms with Crippen molar-refractivity contribution in [1.29, 1.82) is 0 Å². The van der Waals surface area contributed by atoms with Gasteiger partial charge in [-0.15, -0.1) is 0 Å². The topological polar surface area (TPSA) is 13.1 Å². The molecule has 0 saturated carbocycles. The predicted molar refractivity (Wildman–Crippen MR) is 138 cm³/mol. The zero-order chi connectivity index (χ0) is 21.6. The molecule has 0 spiro atoms. The highest BCUT2D eigenvalue weighted by Gasteiger charge is 2.39. The molecule has 4 aromatic carbocycles. The van der Waals surface area contributed by atoms with Crippen molar-refractivity contribution < 1.29 is 4.42 Å². The standard InChI is InChI=1S/C28H21BOS2/c1-28(2,3)17-9-6-8-16-24-20(30-26(16)17)15-14-19-27(24)32-23-13-7-12-22-25(23)29(19)18-10-4-5-11-21(18)31-22/h4-15H,1-3H3. The van der Waals surface area contributed by atoms with E-state index in [-0.39, 0.29) is 12.1 Å². The van der Waals surface area contributed by atoms with E-state index in [1.807, 2.05) is 23.5 Å². The lowest BCUT2D eigenvalue weighted by molar-refractivity contribution is 0.573. The molecule has 3 heterocycles. The molecule has 0 aliphatic carbocycles. The van der Waals surface area contributed by atoms with Crippen molar-refractivity contribution in [3.63, 3.8) is 0 Å². The minimum atomic E-state index is 0.0294. The molecule has 0 unspecified atom stereocenters. The summed E-state index contributed by atoms with van der Waals surface area (Å²) in [6, 6.07) is 26.8. The van der Waals surface area contributed by atoms with E-state index in [0.29, 0.717) is 0 Å². The number of para-hydroxylation sites is 1. The molecule has 0 atom stereocenters. The Morgan fingerprint density at radius 1 is 0.719 bits per heavy atom. The SMILES string of the molecule is CC(C)(C)c1cccc2c1oc1ccc3c(c12)Sc1cccc2c1B3c1ccccc1S2. The van der Waals surface area contributed by atoms with Crippen LogP contribution in [0, 0.1) is 0 Å². The number of benzene rings is 4. The molecular formula is C28H21BOS2. The smallest absolute Gasteiger partial charge is 0.247 e. The molecule has 0 N–H and O–H groups in total. The monoisotopic (exact) mass is 448 g/mol. The second-order valence-corrected chi connectivity index (χ2v) is 11.9. The van der Waals surface area contributed by atoms with Crippen molar-refractivity contribution in [3.05, 3.63) is 78.4 Å². The highest BCUT2D eigenvalue weighted by molar-refractivity contribution is 8.01. The quantitative estimate of drug-likeness (QED) is 0.252. The van der Waals surface area contributed by atoms with Crippen LogP contribution in [0.15, 0.2) is 96.8 Å². The minimum absolute atomic E-state index is 0.0294. The average molecular weight is 448 g/mol. The van der Waals surface area contributed by atoms with Gasteiger partial charge in [0.25, 0.3) is 0 Å². The first-order valence-electron chi connectivity index (χ1n) is 11.1. The summed E-state index contributed by atoms with van der Waals surface area (Å²) in [7, 11) is 0. The molecule has 2 aliphatic rings. The minimum Gasteiger partial charge on any atom is -0.456 e. The third kappa shape index (κ3) is 2.51. The van der Waals surface area contributed by atoms with Crippen LogP contribution in [0.3, 0.4) is 0 Å². The van der Waals surface area contributed by atoms with Crippen LogP contribution in [0.25, 0.3) is 21.9 Å². The first-order chi connectivity index (χ1) is 15.5. The first kappa shape index (κ1) is 19.0. The Kier molecular flexibility index (Phi) is 3.85. The number of furan rings is 1. The van der Waals surface area contributed by atoms with Crippen molar-refractivity contribution in [2.75, 3.05) is 0 Å². The van der Waals surface area contributed by atoms with E-state index in [0.717, 1.165) is 11.2 Å². The van der Waals surface area contributed by atoms with Gasteiger partial charge in [-0.1, -0.05) is 104 Å². The summed E-state index contributed by atoms with van der Waals surface area (Å²) >= 11 is 3.82. The lowest BCUT2D eigenvalue weighted by atomic mass is 9.36. The Hall–Kier alpha value is -2.56. The summed E-state index contributed by atoms with van der Waals surface area (Å²) in [4.78, 5) is 5.48. The molecule has 4 heteroatoms. The van der Waals surface area contributed by atoms with Crippen LogP contribution in [0.4, 0.5) is 0 Å². The zero-order valence-electron chi connectivity index (χ0n) is 18.2. The Balaban J connectivity index is 1.58. The van der Waals surface area contributed by atoms with Gasteiger partial charge in [0.15, 0.2) is 0 Å². The summed E-state index contributed by atoms with van der Waals surface area (Å²) < 4.78 is 6.52. The zero-order valence-corrected chi connectivity index (χ0v) is 19.9. The summed E-state index contributed by atoms with van der Waals surface area (Å²) in [6.07, 6.45) is 0. The molecule has 32 heavy (non-hydrogen) atoms. The van der Waals surface area contributed by atoms with Gasteiger partial charge in [0.2, 0.25) is 6.71 Å². The van der Waals surface area contributed by atoms with Crippen LogP contribution in [0.2, 0.25) is 0 Å². The molecule has 2 aliphatic heterocycles. The molecule has 7 rings (SSSR count). The molecule has 5 aromatic rings. The third-order valence-corrected chi connectivity index (χ3v) is 9.13. The van der Waals surface area contributed by atoms with E-state index in [4.69, 9.17) is 4.42 Å². The van der Waals surface area contributed by atoms with Gasteiger partial charge in [-0.2, -0.15) is 0 Å². The maximum Gasteiger partial charge on any atom is 0.247 e. The fourth-order valence-corrected chi connectivity index (χ4v) is 7.86. The van der Waals surface area contributed by atoms with Gasteiger partial charge < -0.3 is 4.42 Å². The molecule has 0 bridgehead atoms. The summed E-state index contributed by atoms with van der Waals surface area (Å²) in [5.74, 6) is 0. The molecule has 1 nitrogen and oxygen atoms in total. The number of hydrogen-bond acceptors (Lipinski definition) is 3. The van der Waals surface area contributed by atoms with Crippen LogP contribution in [0.5, 0.6) is 0 Å². The Morgan fingerprint density at radius 3 is 2.31 bits per heavy atom. The van der Waals surface area contributed by atoms with Gasteiger partial charge in [0, 0.05) is 35.9 Å². The molecule has 0 amide bonds. The van der Waals surface area contributed by atoms with Gasteiger partial charge in [0.05, 0.1) is 0 Å². The van der Waals surface area contributed by atoms with Crippen LogP contribution in [-0.2, 0) is 5.41 Å². The van der Waals surface area contributed by atoms with E-state index in [2.05, 4.69) is 93.6 Å². The third-order valence-electron chi connectivity index (χ3n) is 6.74. The van der Waals surface area contributed by atoms with Crippen molar-refractivity contribution in [2.45, 2.75) is 45.8 Å². The van der Waals surface area contributed by atoms with Crippen molar-refractivity contribution in [2.24, 2.45) is 0 Å². The fourth-order valence-electron chi connectivity index (χ4n) is 5.31.